The van der Waals surface area contributed by atoms with Gasteiger partial charge in [-0.1, -0.05) is 108 Å². The Morgan fingerprint density at radius 2 is 0.622 bits per heavy atom. The standard InChI is InChI=1S/C73H121N13O12/c74-38-16-13-19-48(78-68(93)55-25-4-10-31-61(55)84-71(96)52-22-1-7-28-58(52)81-64(88)42-47(77)41-46-34-36-51(87)37-35-46)43-65(89)82-59-29-8-2-23-53(59)72(97)85-62-32-11-5-26-56(62)69(94)79-49(20-14-17-39-75)44-66(90)83-60-30-9-3-24-54(60)73(98)86-63-33-12-6-27-57(63)70(95)80-50(45-67(91)92)21-15-18-40-76/h34-37,47-50,52-63,87H,1-33,38-45,74-77H2,(H,78,93)(H,79,94)(H,80,95)(H,81,88)(H,82,89)(H,83,90)(H,84,96)(H,85,97)(H,86,98)(H,91,92)/t47-,48-,49-,50-,52?,53?,54?,55?,56?,57?,58?,59?,60?,61?,62?,63?/m1/s1. The second-order valence-electron chi connectivity index (χ2n) is 29.5. The number of amides is 9. The number of rotatable bonds is 37. The van der Waals surface area contributed by atoms with E-state index in [1.807, 2.05) is 0 Å². The Balaban J connectivity index is 0.911. The number of unbranched alkanes of at least 4 members (excludes halogenated alkanes) is 3. The number of benzene rings is 1. The summed E-state index contributed by atoms with van der Waals surface area (Å²) in [6.45, 7) is 1.36. The zero-order chi connectivity index (χ0) is 70.3. The molecule has 0 radical (unpaired) electrons. The second kappa shape index (κ2) is 42.0. The van der Waals surface area contributed by atoms with Gasteiger partial charge in [-0.05, 0) is 159 Å². The van der Waals surface area contributed by atoms with Crippen LogP contribution in [0.15, 0.2) is 24.3 Å². The van der Waals surface area contributed by atoms with Gasteiger partial charge in [-0.25, -0.2) is 0 Å². The molecule has 19 N–H and O–H groups in total. The quantitative estimate of drug-likeness (QED) is 0.0398. The minimum absolute atomic E-state index is 0.0157. The normalized spacial score (nSPS) is 27.0. The Bertz CT molecular complexity index is 2720. The number of carboxylic acids is 1. The molecule has 550 valence electrons. The molecule has 25 nitrogen and oxygen atoms in total. The lowest BCUT2D eigenvalue weighted by Gasteiger charge is -2.37. The molecule has 98 heavy (non-hydrogen) atoms. The lowest BCUT2D eigenvalue weighted by atomic mass is 9.80. The highest BCUT2D eigenvalue weighted by atomic mass is 16.4. The third kappa shape index (κ3) is 25.9. The van der Waals surface area contributed by atoms with E-state index < -0.39 is 95.9 Å². The van der Waals surface area contributed by atoms with E-state index in [9.17, 15) is 58.2 Å². The maximum absolute atomic E-state index is 14.5. The van der Waals surface area contributed by atoms with Crippen LogP contribution in [0.1, 0.15) is 243 Å². The Morgan fingerprint density at radius 3 is 0.918 bits per heavy atom. The molecule has 0 aliphatic heterocycles. The first-order valence-electron chi connectivity index (χ1n) is 37.9. The van der Waals surface area contributed by atoms with Crippen LogP contribution in [0.5, 0.6) is 5.75 Å². The Kier molecular flexibility index (Phi) is 33.8. The molecule has 0 aromatic heterocycles. The highest BCUT2D eigenvalue weighted by Crippen LogP contribution is 2.33. The van der Waals surface area contributed by atoms with Crippen LogP contribution >= 0.6 is 0 Å². The fraction of sp³-hybridized carbons (Fsp3) is 0.781. The fourth-order valence-electron chi connectivity index (χ4n) is 16.5. The van der Waals surface area contributed by atoms with Crippen molar-refractivity contribution in [3.8, 4) is 5.75 Å². The summed E-state index contributed by atoms with van der Waals surface area (Å²) in [5.41, 5.74) is 24.8. The maximum atomic E-state index is 14.5. The van der Waals surface area contributed by atoms with Crippen molar-refractivity contribution in [3.63, 3.8) is 0 Å². The van der Waals surface area contributed by atoms with Gasteiger partial charge in [0.15, 0.2) is 0 Å². The van der Waals surface area contributed by atoms with Gasteiger partial charge in [0.1, 0.15) is 5.75 Å². The van der Waals surface area contributed by atoms with Crippen molar-refractivity contribution in [1.82, 2.24) is 47.9 Å². The van der Waals surface area contributed by atoms with Crippen LogP contribution in [0.4, 0.5) is 0 Å². The monoisotopic (exact) mass is 1370 g/mol. The zero-order valence-corrected chi connectivity index (χ0v) is 58.3. The summed E-state index contributed by atoms with van der Waals surface area (Å²) in [6.07, 6.45) is 22.7. The molecule has 6 aliphatic carbocycles. The van der Waals surface area contributed by atoms with E-state index in [4.69, 9.17) is 22.9 Å². The van der Waals surface area contributed by atoms with Crippen molar-refractivity contribution in [1.29, 1.82) is 0 Å². The number of carbonyl (C=O) groups excluding carboxylic acids is 9. The van der Waals surface area contributed by atoms with Gasteiger partial charge >= 0.3 is 5.97 Å². The van der Waals surface area contributed by atoms with Gasteiger partial charge in [0, 0.05) is 79.7 Å². The number of nitrogens with one attached hydrogen (secondary N) is 9. The van der Waals surface area contributed by atoms with Crippen LogP contribution in [0.25, 0.3) is 0 Å². The minimum atomic E-state index is -1.00. The van der Waals surface area contributed by atoms with Gasteiger partial charge in [-0.15, -0.1) is 0 Å². The molecule has 1 aromatic carbocycles. The van der Waals surface area contributed by atoms with Crippen molar-refractivity contribution in [2.45, 2.75) is 304 Å². The van der Waals surface area contributed by atoms with E-state index in [0.29, 0.717) is 161 Å². The Morgan fingerprint density at radius 1 is 0.357 bits per heavy atom. The summed E-state index contributed by atoms with van der Waals surface area (Å²) >= 11 is 0. The van der Waals surface area contributed by atoms with Crippen molar-refractivity contribution < 1.29 is 58.2 Å². The van der Waals surface area contributed by atoms with Crippen molar-refractivity contribution in [2.75, 3.05) is 19.6 Å². The first-order chi connectivity index (χ1) is 47.3. The zero-order valence-electron chi connectivity index (χ0n) is 58.3. The molecular formula is C73H121N13O12. The number of hydrogen-bond donors (Lipinski definition) is 15. The number of hydrogen-bond acceptors (Lipinski definition) is 15. The number of carbonyl (C=O) groups is 10. The number of aromatic hydroxyl groups is 1. The van der Waals surface area contributed by atoms with Crippen LogP contribution in [0.2, 0.25) is 0 Å². The molecule has 6 saturated carbocycles. The highest BCUT2D eigenvalue weighted by Gasteiger charge is 2.42. The van der Waals surface area contributed by atoms with Gasteiger partial charge < -0.3 is 81.0 Å². The van der Waals surface area contributed by atoms with Gasteiger partial charge in [-0.3, -0.25) is 47.9 Å². The third-order valence-electron chi connectivity index (χ3n) is 21.9. The van der Waals surface area contributed by atoms with E-state index in [2.05, 4.69) is 47.9 Å². The predicted octanol–water partition coefficient (Wildman–Crippen LogP) is 4.80. The molecule has 0 bridgehead atoms. The number of aliphatic carboxylic acids is 1. The fourth-order valence-corrected chi connectivity index (χ4v) is 16.5. The predicted molar refractivity (Wildman–Crippen MR) is 374 cm³/mol. The summed E-state index contributed by atoms with van der Waals surface area (Å²) in [4.78, 5) is 139. The Labute approximate surface area is 580 Å². The summed E-state index contributed by atoms with van der Waals surface area (Å²) in [5, 5.41) is 47.8. The number of nitrogens with two attached hydrogens (primary N) is 4. The van der Waals surface area contributed by atoms with Gasteiger partial charge in [-0.2, -0.15) is 0 Å². The van der Waals surface area contributed by atoms with Crippen LogP contribution in [-0.2, 0) is 54.4 Å². The summed E-state index contributed by atoms with van der Waals surface area (Å²) in [7, 11) is 0. The molecule has 12 unspecified atom stereocenters. The van der Waals surface area contributed by atoms with E-state index in [1.54, 1.807) is 24.3 Å². The molecule has 0 spiro atoms. The minimum Gasteiger partial charge on any atom is -0.508 e. The van der Waals surface area contributed by atoms with Crippen LogP contribution in [0.3, 0.4) is 0 Å². The summed E-state index contributed by atoms with van der Waals surface area (Å²) < 4.78 is 0. The van der Waals surface area contributed by atoms with Crippen molar-refractivity contribution in [2.24, 2.45) is 58.4 Å². The second-order valence-corrected chi connectivity index (χ2v) is 29.5. The van der Waals surface area contributed by atoms with E-state index in [-0.39, 0.29) is 90.6 Å². The molecule has 1 aromatic rings. The lowest BCUT2D eigenvalue weighted by molar-refractivity contribution is -0.138. The molecule has 9 amide bonds. The van der Waals surface area contributed by atoms with Crippen LogP contribution in [-0.4, -0.2) is 149 Å². The third-order valence-corrected chi connectivity index (χ3v) is 21.9. The number of phenols is 1. The van der Waals surface area contributed by atoms with Crippen LogP contribution < -0.4 is 70.8 Å². The first-order valence-corrected chi connectivity index (χ1v) is 37.9. The van der Waals surface area contributed by atoms with Crippen LogP contribution in [0, 0.1) is 35.5 Å². The Hall–Kier alpha value is -6.44. The van der Waals surface area contributed by atoms with Gasteiger partial charge in [0.2, 0.25) is 53.2 Å². The largest absolute Gasteiger partial charge is 0.508 e. The molecule has 25 heteroatoms. The van der Waals surface area contributed by atoms with Gasteiger partial charge in [0.05, 0.1) is 41.9 Å². The number of carboxylic acid groups (broad SMARTS) is 1. The summed E-state index contributed by atoms with van der Waals surface area (Å²) in [5.74, 6) is -6.19. The molecule has 0 heterocycles. The topological polar surface area (TPSA) is 424 Å². The average Bonchev–Trinajstić information content (AvgIpc) is 0.863. The molecular weight excluding hydrogens is 1250 g/mol. The molecule has 0 saturated heterocycles. The molecule has 6 fully saturated rings. The average molecular weight is 1370 g/mol. The summed E-state index contributed by atoms with van der Waals surface area (Å²) in [6, 6.07) is 2.00. The molecule has 6 aliphatic rings. The SMILES string of the molecule is NCCCC[C@H](CC(=O)O)NC(=O)C1CCCCC1NC(=O)C1CCCCC1NC(=O)C[C@@H](CCCCN)NC(=O)C1CCCCC1NC(=O)C1CCCCC1NC(=O)C[C@@H](CCCCN)NC(=O)C1CCCCC1NC(=O)C1CCCCC1NC(=O)C[C@H](N)Cc1ccc(O)cc1. The van der Waals surface area contributed by atoms with E-state index in [0.717, 1.165) is 82.6 Å². The number of phenolic OH excluding ortho intramolecular Hbond substituents is 1. The smallest absolute Gasteiger partial charge is 0.305 e. The van der Waals surface area contributed by atoms with E-state index >= 15 is 0 Å². The first kappa shape index (κ1) is 78.9. The maximum Gasteiger partial charge on any atom is 0.305 e. The van der Waals surface area contributed by atoms with Gasteiger partial charge in [0.25, 0.3) is 0 Å². The highest BCUT2D eigenvalue weighted by molar-refractivity contribution is 5.88. The van der Waals surface area contributed by atoms with Crippen molar-refractivity contribution >= 4 is 59.1 Å². The lowest BCUT2D eigenvalue weighted by Crippen LogP contribution is -2.56. The van der Waals surface area contributed by atoms with E-state index in [1.165, 1.54) is 0 Å². The molecule has 7 rings (SSSR count). The molecule has 16 atom stereocenters. The van der Waals surface area contributed by atoms with Crippen molar-refractivity contribution in [3.05, 3.63) is 29.8 Å².